The van der Waals surface area contributed by atoms with Gasteiger partial charge in [-0.15, -0.1) is 0 Å². The number of nitrogens with zero attached hydrogens (tertiary/aromatic N) is 1. The predicted octanol–water partition coefficient (Wildman–Crippen LogP) is 3.52. The SMILES string of the molecule is NC(=O)C[C@@]1(COc2ccc(Cl)cc2)CCCN(C(=O)c2ccccc2)C1. The smallest absolute Gasteiger partial charge is 0.253 e. The van der Waals surface area contributed by atoms with Crippen LogP contribution >= 0.6 is 11.6 Å². The van der Waals surface area contributed by atoms with Crippen molar-refractivity contribution in [3.63, 3.8) is 0 Å². The molecule has 1 aliphatic rings. The van der Waals surface area contributed by atoms with E-state index < -0.39 is 5.41 Å². The van der Waals surface area contributed by atoms with Crippen LogP contribution in [-0.4, -0.2) is 36.4 Å². The molecule has 0 saturated carbocycles. The number of likely N-dealkylation sites (tertiary alicyclic amines) is 1. The highest BCUT2D eigenvalue weighted by Crippen LogP contribution is 2.35. The Kier molecular flexibility index (Phi) is 6.01. The van der Waals surface area contributed by atoms with Crippen LogP contribution in [0.15, 0.2) is 54.6 Å². The van der Waals surface area contributed by atoms with Crippen molar-refractivity contribution < 1.29 is 14.3 Å². The number of rotatable bonds is 6. The van der Waals surface area contributed by atoms with Crippen LogP contribution in [0.2, 0.25) is 5.02 Å². The van der Waals surface area contributed by atoms with Gasteiger partial charge < -0.3 is 15.4 Å². The normalized spacial score (nSPS) is 19.5. The van der Waals surface area contributed by atoms with E-state index in [-0.39, 0.29) is 18.2 Å². The molecule has 1 heterocycles. The molecule has 1 saturated heterocycles. The second-order valence-corrected chi connectivity index (χ2v) is 7.52. The van der Waals surface area contributed by atoms with Crippen molar-refractivity contribution in [3.05, 3.63) is 65.2 Å². The van der Waals surface area contributed by atoms with Crippen LogP contribution in [0, 0.1) is 5.41 Å². The zero-order valence-electron chi connectivity index (χ0n) is 15.1. The number of carbonyl (C=O) groups excluding carboxylic acids is 2. The van der Waals surface area contributed by atoms with E-state index in [2.05, 4.69) is 0 Å². The molecular formula is C21H23ClN2O3. The van der Waals surface area contributed by atoms with Gasteiger partial charge in [-0.3, -0.25) is 9.59 Å². The summed E-state index contributed by atoms with van der Waals surface area (Å²) in [5, 5.41) is 0.631. The van der Waals surface area contributed by atoms with Crippen LogP contribution in [0.3, 0.4) is 0 Å². The molecule has 0 spiro atoms. The maximum absolute atomic E-state index is 12.8. The Hall–Kier alpha value is -2.53. The average Bonchev–Trinajstić information content (AvgIpc) is 2.67. The molecule has 0 aromatic heterocycles. The fraction of sp³-hybridized carbons (Fsp3) is 0.333. The zero-order chi connectivity index (χ0) is 19.3. The molecule has 5 nitrogen and oxygen atoms in total. The lowest BCUT2D eigenvalue weighted by Crippen LogP contribution is -2.50. The van der Waals surface area contributed by atoms with Crippen LogP contribution in [0.25, 0.3) is 0 Å². The fourth-order valence-electron chi connectivity index (χ4n) is 3.59. The number of amides is 2. The Labute approximate surface area is 164 Å². The first kappa shape index (κ1) is 19.2. The van der Waals surface area contributed by atoms with Crippen molar-refractivity contribution in [2.75, 3.05) is 19.7 Å². The minimum Gasteiger partial charge on any atom is -0.493 e. The summed E-state index contributed by atoms with van der Waals surface area (Å²) in [5.41, 5.74) is 5.67. The van der Waals surface area contributed by atoms with Crippen LogP contribution in [0.1, 0.15) is 29.6 Å². The number of ether oxygens (including phenoxy) is 1. The molecule has 142 valence electrons. The van der Waals surface area contributed by atoms with Crippen molar-refractivity contribution in [2.45, 2.75) is 19.3 Å². The number of benzene rings is 2. The number of carbonyl (C=O) groups is 2. The quantitative estimate of drug-likeness (QED) is 0.825. The zero-order valence-corrected chi connectivity index (χ0v) is 15.8. The molecule has 2 aromatic carbocycles. The number of primary amides is 1. The number of hydrogen-bond donors (Lipinski definition) is 1. The summed E-state index contributed by atoms with van der Waals surface area (Å²) < 4.78 is 5.93. The summed E-state index contributed by atoms with van der Waals surface area (Å²) in [4.78, 5) is 26.4. The Morgan fingerprint density at radius 1 is 1.11 bits per heavy atom. The van der Waals surface area contributed by atoms with E-state index in [1.165, 1.54) is 0 Å². The van der Waals surface area contributed by atoms with Gasteiger partial charge in [0.1, 0.15) is 5.75 Å². The molecule has 1 aliphatic heterocycles. The van der Waals surface area contributed by atoms with E-state index in [4.69, 9.17) is 22.1 Å². The molecule has 0 bridgehead atoms. The maximum atomic E-state index is 12.8. The lowest BCUT2D eigenvalue weighted by atomic mass is 9.77. The predicted molar refractivity (Wildman–Crippen MR) is 105 cm³/mol. The first-order valence-corrected chi connectivity index (χ1v) is 9.36. The lowest BCUT2D eigenvalue weighted by Gasteiger charge is -2.42. The van der Waals surface area contributed by atoms with Gasteiger partial charge in [0.15, 0.2) is 0 Å². The number of halogens is 1. The summed E-state index contributed by atoms with van der Waals surface area (Å²) in [6.07, 6.45) is 1.76. The average molecular weight is 387 g/mol. The molecule has 6 heteroatoms. The Morgan fingerprint density at radius 3 is 2.48 bits per heavy atom. The van der Waals surface area contributed by atoms with Crippen molar-refractivity contribution in [1.82, 2.24) is 4.90 Å². The molecular weight excluding hydrogens is 364 g/mol. The fourth-order valence-corrected chi connectivity index (χ4v) is 3.72. The molecule has 0 radical (unpaired) electrons. The summed E-state index contributed by atoms with van der Waals surface area (Å²) in [6.45, 7) is 1.42. The Bertz CT molecular complexity index is 795. The van der Waals surface area contributed by atoms with Crippen molar-refractivity contribution >= 4 is 23.4 Å². The van der Waals surface area contributed by atoms with Crippen molar-refractivity contribution in [3.8, 4) is 5.75 Å². The molecule has 27 heavy (non-hydrogen) atoms. The highest BCUT2D eigenvalue weighted by Gasteiger charge is 2.39. The van der Waals surface area contributed by atoms with Gasteiger partial charge in [0, 0.05) is 35.5 Å². The first-order chi connectivity index (χ1) is 13.0. The molecule has 0 unspecified atom stereocenters. The van der Waals surface area contributed by atoms with Gasteiger partial charge >= 0.3 is 0 Å². The molecule has 2 amide bonds. The second kappa shape index (κ2) is 8.44. The summed E-state index contributed by atoms with van der Waals surface area (Å²) in [6, 6.07) is 16.3. The molecule has 1 fully saturated rings. The van der Waals surface area contributed by atoms with Gasteiger partial charge in [-0.1, -0.05) is 29.8 Å². The first-order valence-electron chi connectivity index (χ1n) is 8.98. The van der Waals surface area contributed by atoms with E-state index in [0.717, 1.165) is 12.8 Å². The van der Waals surface area contributed by atoms with E-state index in [1.807, 2.05) is 18.2 Å². The molecule has 1 atom stereocenters. The van der Waals surface area contributed by atoms with Gasteiger partial charge in [-0.2, -0.15) is 0 Å². The molecule has 3 rings (SSSR count). The minimum absolute atomic E-state index is 0.0318. The number of nitrogens with two attached hydrogens (primary N) is 1. The standard InChI is InChI=1S/C21H23ClN2O3/c22-17-7-9-18(10-8-17)27-15-21(13-19(23)25)11-4-12-24(14-21)20(26)16-5-2-1-3-6-16/h1-3,5-10H,4,11-15H2,(H2,23,25)/t21-/m0/s1. The van der Waals surface area contributed by atoms with Crippen LogP contribution in [0.5, 0.6) is 5.75 Å². The second-order valence-electron chi connectivity index (χ2n) is 7.08. The third kappa shape index (κ3) is 5.01. The third-order valence-corrected chi connectivity index (χ3v) is 5.13. The van der Waals surface area contributed by atoms with Crippen LogP contribution in [0.4, 0.5) is 0 Å². The highest BCUT2D eigenvalue weighted by molar-refractivity contribution is 6.30. The molecule has 0 aliphatic carbocycles. The van der Waals surface area contributed by atoms with Crippen molar-refractivity contribution in [1.29, 1.82) is 0 Å². The summed E-state index contributed by atoms with van der Waals surface area (Å²) in [7, 11) is 0. The summed E-state index contributed by atoms with van der Waals surface area (Å²) in [5.74, 6) is 0.258. The van der Waals surface area contributed by atoms with Gasteiger partial charge in [-0.05, 0) is 49.2 Å². The molecule has 2 N–H and O–H groups in total. The number of piperidine rings is 1. The molecule has 2 aromatic rings. The maximum Gasteiger partial charge on any atom is 0.253 e. The van der Waals surface area contributed by atoms with Gasteiger partial charge in [0.25, 0.3) is 5.91 Å². The van der Waals surface area contributed by atoms with E-state index in [0.29, 0.717) is 36.0 Å². The van der Waals surface area contributed by atoms with E-state index in [9.17, 15) is 9.59 Å². The Balaban J connectivity index is 1.75. The van der Waals surface area contributed by atoms with Crippen LogP contribution in [-0.2, 0) is 4.79 Å². The Morgan fingerprint density at radius 2 is 1.81 bits per heavy atom. The highest BCUT2D eigenvalue weighted by atomic mass is 35.5. The van der Waals surface area contributed by atoms with E-state index >= 15 is 0 Å². The minimum atomic E-state index is -0.492. The van der Waals surface area contributed by atoms with Crippen LogP contribution < -0.4 is 10.5 Å². The monoisotopic (exact) mass is 386 g/mol. The van der Waals surface area contributed by atoms with Crippen molar-refractivity contribution in [2.24, 2.45) is 11.1 Å². The van der Waals surface area contributed by atoms with Gasteiger partial charge in [0.2, 0.25) is 5.91 Å². The van der Waals surface area contributed by atoms with Gasteiger partial charge in [-0.25, -0.2) is 0 Å². The topological polar surface area (TPSA) is 72.6 Å². The van der Waals surface area contributed by atoms with Gasteiger partial charge in [0.05, 0.1) is 6.61 Å². The lowest BCUT2D eigenvalue weighted by molar-refractivity contribution is -0.122. The van der Waals surface area contributed by atoms with E-state index in [1.54, 1.807) is 41.3 Å². The summed E-state index contributed by atoms with van der Waals surface area (Å²) >= 11 is 5.91. The third-order valence-electron chi connectivity index (χ3n) is 4.88. The largest absolute Gasteiger partial charge is 0.493 e. The number of hydrogen-bond acceptors (Lipinski definition) is 3.